The minimum absolute atomic E-state index is 0. The van der Waals surface area contributed by atoms with E-state index in [9.17, 15) is 26.4 Å². The zero-order valence-electron chi connectivity index (χ0n) is 51.8. The average Bonchev–Trinajstić information content (AvgIpc) is 1.83. The molecule has 2 saturated carbocycles. The largest absolute Gasteiger partial charge is 1.00 e. The molecule has 462 valence electrons. The summed E-state index contributed by atoms with van der Waals surface area (Å²) < 4.78 is 69.9. The van der Waals surface area contributed by atoms with E-state index in [-0.39, 0.29) is 193 Å². The predicted molar refractivity (Wildman–Crippen MR) is 332 cm³/mol. The summed E-state index contributed by atoms with van der Waals surface area (Å²) in [6.45, 7) is 24.0. The molecule has 21 nitrogen and oxygen atoms in total. The second-order valence-corrected chi connectivity index (χ2v) is 27.2. The van der Waals surface area contributed by atoms with Crippen LogP contribution in [0, 0.1) is 36.5 Å². The standard InChI is InChI=1S/C28H35N5O4S.C21H21ClN4O4S.C7H15N.CH2O3.ClH.2K.2H2S.H/c1-19-7-6-8-21(15-19)38(35,36)31-26(34)22-9-10-23(29-25(22)32-17-20(2)16-27(32,3)4)33-14-11-24(30-33)37-18-28(5)12-13-28;1-14-4-3-5-15(12-14)31(28,29)25-20(27)16-6-7-17(23-19(16)22)26-11-8-18(24-26)30-13-21(2)9-10-21;1-6-4-7(2,3)8-5-6;2-1-4-3;;;;;;/h6-11,14-15,20H,12-13,16-18H2,1-5H3,(H,31,34);3-8,11-12H,9-10,13H2,1-2H3,(H,25,27);6,8H,4-5H2,1-3H3;1,3H;1H;;;2*1H2;/q;;;;;2*+1;;;-1/p-1/t20-;;6-;;;;;;;/m0.0......./s1. The number of sulfonamides is 2. The summed E-state index contributed by atoms with van der Waals surface area (Å²) in [7, 11) is -8.10. The molecule has 0 unspecified atom stereocenters. The van der Waals surface area contributed by atoms with E-state index in [0.717, 1.165) is 49.1 Å². The van der Waals surface area contributed by atoms with Crippen molar-refractivity contribution in [3.8, 4) is 23.4 Å². The van der Waals surface area contributed by atoms with Gasteiger partial charge in [-0.05, 0) is 158 Å². The van der Waals surface area contributed by atoms with Gasteiger partial charge in [-0.25, -0.2) is 45.6 Å². The van der Waals surface area contributed by atoms with E-state index in [0.29, 0.717) is 60.4 Å². The van der Waals surface area contributed by atoms with Crippen LogP contribution in [0.5, 0.6) is 11.8 Å². The number of carbonyl (C=O) groups is 3. The van der Waals surface area contributed by atoms with Gasteiger partial charge in [0.05, 0.1) is 34.1 Å². The van der Waals surface area contributed by atoms with Gasteiger partial charge in [-0.15, -0.1) is 22.6 Å². The van der Waals surface area contributed by atoms with Crippen LogP contribution in [0.4, 0.5) is 5.82 Å². The SMILES string of the molecule is C[C@@H]1CNC(C)(C)C1.Cc1cccc(S(=O)(=O)NC(=O)c2ccc(-n3ccc(OCC4(C)CC4)n3)nc2Cl)c1.Cc1cccc(S(=O)(=O)NC(=O)c2ccc(-n3ccc(OCC4(C)CC4)n3)nc2N2C[C@@H](C)CC2(C)C)c1.Cl.O=CO[O-].S.S.[H-].[K+].[K+]. The van der Waals surface area contributed by atoms with Gasteiger partial charge >= 0.3 is 103 Å². The summed E-state index contributed by atoms with van der Waals surface area (Å²) in [5.41, 5.74) is 2.29. The molecule has 10 rings (SSSR count). The first-order valence-corrected chi connectivity index (χ1v) is 29.9. The number of benzene rings is 2. The zero-order chi connectivity index (χ0) is 59.1. The summed E-state index contributed by atoms with van der Waals surface area (Å²) in [4.78, 5) is 48.3. The summed E-state index contributed by atoms with van der Waals surface area (Å²) in [6, 6.07) is 22.4. The molecule has 4 aromatic heterocycles. The van der Waals surface area contributed by atoms with Crippen molar-refractivity contribution < 1.29 is 155 Å². The van der Waals surface area contributed by atoms with Crippen molar-refractivity contribution in [3.63, 3.8) is 0 Å². The minimum atomic E-state index is -4.06. The Bertz CT molecular complexity index is 3490. The quantitative estimate of drug-likeness (QED) is 0.0413. The van der Waals surface area contributed by atoms with Gasteiger partial charge in [0.2, 0.25) is 11.8 Å². The predicted octanol–water partition coefficient (Wildman–Crippen LogP) is 2.62. The maximum atomic E-state index is 13.4. The Morgan fingerprint density at radius 2 is 1.15 bits per heavy atom. The second-order valence-electron chi connectivity index (χ2n) is 23.4. The number of anilines is 1. The van der Waals surface area contributed by atoms with Crippen LogP contribution in [0.1, 0.15) is 127 Å². The van der Waals surface area contributed by atoms with Gasteiger partial charge in [0.15, 0.2) is 11.6 Å². The molecule has 3 N–H and O–H groups in total. The van der Waals surface area contributed by atoms with Crippen molar-refractivity contribution in [1.29, 1.82) is 0 Å². The molecule has 86 heavy (non-hydrogen) atoms. The van der Waals surface area contributed by atoms with Crippen LogP contribution in [0.2, 0.25) is 5.15 Å². The number of nitrogens with one attached hydrogen (secondary N) is 3. The number of aromatic nitrogens is 6. The number of amides is 2. The topological polar surface area (TPSA) is 271 Å². The monoisotopic (exact) mass is 1350 g/mol. The van der Waals surface area contributed by atoms with E-state index in [1.54, 1.807) is 79.5 Å². The van der Waals surface area contributed by atoms with Gasteiger partial charge in [-0.3, -0.25) is 14.4 Å². The molecule has 29 heteroatoms. The van der Waals surface area contributed by atoms with Crippen molar-refractivity contribution in [1.82, 2.24) is 44.3 Å². The Balaban J connectivity index is 0.000000697. The van der Waals surface area contributed by atoms with Crippen LogP contribution in [-0.4, -0.2) is 102 Å². The van der Waals surface area contributed by atoms with E-state index >= 15 is 0 Å². The molecule has 0 bridgehead atoms. The van der Waals surface area contributed by atoms with Crippen LogP contribution in [0.3, 0.4) is 0 Å². The summed E-state index contributed by atoms with van der Waals surface area (Å²) in [5.74, 6) is 1.97. The van der Waals surface area contributed by atoms with Crippen molar-refractivity contribution in [2.24, 2.45) is 22.7 Å². The van der Waals surface area contributed by atoms with E-state index < -0.39 is 31.9 Å². The van der Waals surface area contributed by atoms with E-state index in [1.165, 1.54) is 54.0 Å². The van der Waals surface area contributed by atoms with Crippen molar-refractivity contribution in [3.05, 3.63) is 125 Å². The molecule has 2 atom stereocenters. The maximum absolute atomic E-state index is 13.4. The van der Waals surface area contributed by atoms with Gasteiger partial charge in [0, 0.05) is 53.0 Å². The number of nitrogens with zero attached hydrogens (tertiary/aromatic N) is 7. The third kappa shape index (κ3) is 22.6. The van der Waals surface area contributed by atoms with Gasteiger partial charge < -0.3 is 31.3 Å². The van der Waals surface area contributed by atoms with Crippen LogP contribution < -0.4 is 137 Å². The van der Waals surface area contributed by atoms with Crippen LogP contribution in [0.25, 0.3) is 11.6 Å². The molecule has 2 saturated heterocycles. The van der Waals surface area contributed by atoms with Crippen molar-refractivity contribution in [2.45, 2.75) is 129 Å². The Labute approximate surface area is 617 Å². The molecule has 2 aliphatic heterocycles. The van der Waals surface area contributed by atoms with Crippen LogP contribution in [0.15, 0.2) is 107 Å². The Morgan fingerprint density at radius 3 is 1.51 bits per heavy atom. The van der Waals surface area contributed by atoms with Gasteiger partial charge in [0.25, 0.3) is 38.3 Å². The third-order valence-electron chi connectivity index (χ3n) is 14.3. The molecule has 2 aliphatic carbocycles. The number of ether oxygens (including phenoxy) is 2. The first kappa shape index (κ1) is 79.4. The summed E-state index contributed by atoms with van der Waals surface area (Å²) >= 11 is 6.17. The first-order valence-electron chi connectivity index (χ1n) is 26.6. The molecule has 4 aliphatic rings. The van der Waals surface area contributed by atoms with Gasteiger partial charge in [-0.2, -0.15) is 27.0 Å². The zero-order valence-corrected chi connectivity index (χ0v) is 62.2. The molecule has 4 fully saturated rings. The number of rotatable bonds is 16. The molecule has 0 radical (unpaired) electrons. The number of carbonyl (C=O) groups excluding carboxylic acids is 3. The fourth-order valence-corrected chi connectivity index (χ4v) is 11.7. The smallest absolute Gasteiger partial charge is 1.00 e. The molecule has 2 aromatic carbocycles. The number of aryl methyl sites for hydroxylation is 2. The Hall–Kier alpha value is -2.66. The van der Waals surface area contributed by atoms with E-state index in [1.807, 2.05) is 4.72 Å². The van der Waals surface area contributed by atoms with Crippen LogP contribution in [-0.2, 0) is 29.7 Å². The van der Waals surface area contributed by atoms with E-state index in [2.05, 4.69) is 90.4 Å². The molecule has 0 spiro atoms. The van der Waals surface area contributed by atoms with Gasteiger partial charge in [0.1, 0.15) is 11.0 Å². The number of hydrogen-bond donors (Lipinski definition) is 3. The molecule has 6 heterocycles. The number of pyridine rings is 2. The Morgan fingerprint density at radius 1 is 0.709 bits per heavy atom. The fraction of sp³-hybridized carbons (Fsp3) is 0.456. The molecule has 2 amide bonds. The molecular weight excluding hydrogens is 1280 g/mol. The van der Waals surface area contributed by atoms with Crippen LogP contribution >= 0.6 is 51.0 Å². The Kier molecular flexibility index (Phi) is 31.0. The molecule has 6 aromatic rings. The maximum Gasteiger partial charge on any atom is 1.00 e. The van der Waals surface area contributed by atoms with Crippen molar-refractivity contribution in [2.75, 3.05) is 31.2 Å². The number of hydrogen-bond acceptors (Lipinski definition) is 17. The fourth-order valence-electron chi connectivity index (χ4n) is 9.37. The van der Waals surface area contributed by atoms with E-state index in [4.69, 9.17) is 36.1 Å². The number of halogens is 2. The van der Waals surface area contributed by atoms with Gasteiger partial charge in [-0.1, -0.05) is 63.6 Å². The minimum Gasteiger partial charge on any atom is -1.00 e. The first-order chi connectivity index (χ1) is 38.0. The summed E-state index contributed by atoms with van der Waals surface area (Å²) in [6.07, 6.45) is 10.3. The normalized spacial score (nSPS) is 17.7. The molecular formula is C57H78Cl2K2N10O11S4. The van der Waals surface area contributed by atoms with Crippen molar-refractivity contribution >= 4 is 95.2 Å². The average molecular weight is 1360 g/mol. The third-order valence-corrected chi connectivity index (χ3v) is 17.3. The second kappa shape index (κ2) is 33.6. The summed E-state index contributed by atoms with van der Waals surface area (Å²) in [5, 5.41) is 20.6.